The van der Waals surface area contributed by atoms with Gasteiger partial charge in [0.15, 0.2) is 19.6 Å². The lowest BCUT2D eigenvalue weighted by Crippen LogP contribution is -2.71. The molecule has 0 saturated carbocycles. The van der Waals surface area contributed by atoms with E-state index in [0.29, 0.717) is 19.6 Å². The Morgan fingerprint density at radius 3 is 2.00 bits per heavy atom. The number of benzene rings is 1. The first-order chi connectivity index (χ1) is 7.70. The Kier molecular flexibility index (Phi) is 2.26. The van der Waals surface area contributed by atoms with E-state index in [1.54, 1.807) is 0 Å². The molecule has 3 fully saturated rings. The van der Waals surface area contributed by atoms with Crippen LogP contribution in [0.2, 0.25) is 0 Å². The van der Waals surface area contributed by atoms with Crippen LogP contribution in [0.25, 0.3) is 0 Å². The highest BCUT2D eigenvalue weighted by Gasteiger charge is 2.50. The van der Waals surface area contributed by atoms with Crippen molar-refractivity contribution in [2.24, 2.45) is 0 Å². The van der Waals surface area contributed by atoms with E-state index in [9.17, 15) is 4.48 Å². The highest BCUT2D eigenvalue weighted by Crippen LogP contribution is 2.28. The van der Waals surface area contributed by atoms with E-state index in [2.05, 4.69) is 30.3 Å². The van der Waals surface area contributed by atoms with Crippen LogP contribution in [0.15, 0.2) is 30.3 Å². The van der Waals surface area contributed by atoms with Gasteiger partial charge in [-0.3, -0.25) is 0 Å². The highest BCUT2D eigenvalue weighted by atomic mass is 19.2. The van der Waals surface area contributed by atoms with Crippen molar-refractivity contribution in [2.75, 3.05) is 39.3 Å². The maximum absolute atomic E-state index is 14.0. The SMILES string of the molecule is F[N+]12CC[N+](Cc3ccccc3)(CC1)CC2. The van der Waals surface area contributed by atoms with Gasteiger partial charge >= 0.3 is 0 Å². The highest BCUT2D eigenvalue weighted by molar-refractivity contribution is 5.13. The third kappa shape index (κ3) is 1.74. The quantitative estimate of drug-likeness (QED) is 0.528. The molecular weight excluding hydrogens is 203 g/mol. The van der Waals surface area contributed by atoms with Crippen LogP contribution in [0.3, 0.4) is 0 Å². The van der Waals surface area contributed by atoms with Gasteiger partial charge in [-0.15, -0.1) is 4.71 Å². The summed E-state index contributed by atoms with van der Waals surface area (Å²) in [7, 11) is 0. The summed E-state index contributed by atoms with van der Waals surface area (Å²) in [6, 6.07) is 10.6. The third-order valence-electron chi connectivity index (χ3n) is 4.29. The first-order valence-corrected chi connectivity index (χ1v) is 6.15. The smallest absolute Gasteiger partial charge is 0.164 e. The first-order valence-electron chi connectivity index (χ1n) is 6.15. The lowest BCUT2D eigenvalue weighted by atomic mass is 10.1. The van der Waals surface area contributed by atoms with Crippen molar-refractivity contribution in [3.05, 3.63) is 35.9 Å². The Morgan fingerprint density at radius 1 is 0.875 bits per heavy atom. The van der Waals surface area contributed by atoms with Crippen molar-refractivity contribution >= 4 is 0 Å². The van der Waals surface area contributed by atoms with Gasteiger partial charge in [0.1, 0.15) is 26.2 Å². The molecule has 3 aliphatic rings. The van der Waals surface area contributed by atoms with Gasteiger partial charge < -0.3 is 4.48 Å². The van der Waals surface area contributed by atoms with E-state index in [1.807, 2.05) is 0 Å². The van der Waals surface area contributed by atoms with Gasteiger partial charge in [-0.1, -0.05) is 30.3 Å². The number of hydrogen-bond donors (Lipinski definition) is 0. The number of quaternary nitrogens is 2. The van der Waals surface area contributed by atoms with E-state index in [4.69, 9.17) is 0 Å². The van der Waals surface area contributed by atoms with Crippen LogP contribution in [0, 0.1) is 0 Å². The van der Waals surface area contributed by atoms with Crippen molar-refractivity contribution < 1.29 is 13.7 Å². The molecule has 3 heteroatoms. The van der Waals surface area contributed by atoms with Gasteiger partial charge in [0.2, 0.25) is 0 Å². The van der Waals surface area contributed by atoms with Crippen LogP contribution in [0.1, 0.15) is 5.56 Å². The summed E-state index contributed by atoms with van der Waals surface area (Å²) in [5.74, 6) is 0. The number of rotatable bonds is 2. The van der Waals surface area contributed by atoms with Gasteiger partial charge in [0.25, 0.3) is 0 Å². The minimum absolute atomic E-state index is 0.172. The Labute approximate surface area is 96.0 Å². The molecule has 1 aromatic rings. The largest absolute Gasteiger partial charge is 0.306 e. The van der Waals surface area contributed by atoms with Crippen molar-refractivity contribution in [1.29, 1.82) is 0 Å². The zero-order valence-corrected chi connectivity index (χ0v) is 9.61. The molecule has 3 aliphatic heterocycles. The molecule has 1 aromatic carbocycles. The molecule has 2 bridgehead atoms. The zero-order chi connectivity index (χ0) is 11.1. The summed E-state index contributed by atoms with van der Waals surface area (Å²) < 4.78 is 14.9. The molecule has 2 nitrogen and oxygen atoms in total. The summed E-state index contributed by atoms with van der Waals surface area (Å²) in [4.78, 5) is 0. The van der Waals surface area contributed by atoms with Crippen LogP contribution in [0.4, 0.5) is 4.48 Å². The number of halogens is 1. The number of nitrogens with zero attached hydrogens (tertiary/aromatic N) is 2. The fourth-order valence-corrected chi connectivity index (χ4v) is 3.05. The van der Waals surface area contributed by atoms with Crippen LogP contribution >= 0.6 is 0 Å². The lowest BCUT2D eigenvalue weighted by Gasteiger charge is -2.50. The van der Waals surface area contributed by atoms with Crippen LogP contribution in [-0.2, 0) is 6.54 Å². The average Bonchev–Trinajstić information content (AvgIpc) is 2.33. The predicted molar refractivity (Wildman–Crippen MR) is 61.0 cm³/mol. The topological polar surface area (TPSA) is 0 Å². The molecule has 0 N–H and O–H groups in total. The maximum Gasteiger partial charge on any atom is 0.164 e. The van der Waals surface area contributed by atoms with E-state index in [-0.39, 0.29) is 4.71 Å². The zero-order valence-electron chi connectivity index (χ0n) is 9.61. The van der Waals surface area contributed by atoms with E-state index in [1.165, 1.54) is 5.56 Å². The Morgan fingerprint density at radius 2 is 1.44 bits per heavy atom. The molecule has 3 heterocycles. The summed E-state index contributed by atoms with van der Waals surface area (Å²) in [6.45, 7) is 6.25. The summed E-state index contributed by atoms with van der Waals surface area (Å²) >= 11 is 0. The fraction of sp³-hybridized carbons (Fsp3) is 0.538. The molecule has 16 heavy (non-hydrogen) atoms. The van der Waals surface area contributed by atoms with Gasteiger partial charge in [-0.25, -0.2) is 0 Å². The standard InChI is InChI=1S/C13H19FN2/c14-16-9-6-15(7-10-16,8-11-16)12-13-4-2-1-3-5-13/h1-5H,6-12H2/q+2. The normalized spacial score (nSPS) is 37.6. The number of hydrogen-bond acceptors (Lipinski definition) is 0. The molecule has 0 aromatic heterocycles. The van der Waals surface area contributed by atoms with Gasteiger partial charge in [0.05, 0.1) is 0 Å². The minimum atomic E-state index is -0.172. The Balaban J connectivity index is 1.76. The van der Waals surface area contributed by atoms with Gasteiger partial charge in [0, 0.05) is 5.56 Å². The summed E-state index contributed by atoms with van der Waals surface area (Å²) in [5, 5.41) is 0. The predicted octanol–water partition coefficient (Wildman–Crippen LogP) is 1.73. The fourth-order valence-electron chi connectivity index (χ4n) is 3.05. The van der Waals surface area contributed by atoms with Gasteiger partial charge in [-0.05, 0) is 4.48 Å². The molecule has 3 saturated heterocycles. The third-order valence-corrected chi connectivity index (χ3v) is 4.29. The van der Waals surface area contributed by atoms with Gasteiger partial charge in [-0.2, -0.15) is 0 Å². The lowest BCUT2D eigenvalue weighted by molar-refractivity contribution is -1.15. The molecule has 0 radical (unpaired) electrons. The van der Waals surface area contributed by atoms with E-state index >= 15 is 0 Å². The molecule has 86 valence electrons. The molecule has 0 unspecified atom stereocenters. The van der Waals surface area contributed by atoms with E-state index < -0.39 is 0 Å². The molecular formula is C13H19FN2+2. The van der Waals surface area contributed by atoms with Crippen LogP contribution < -0.4 is 0 Å². The molecule has 0 atom stereocenters. The van der Waals surface area contributed by atoms with Crippen molar-refractivity contribution in [3.8, 4) is 0 Å². The monoisotopic (exact) mass is 222 g/mol. The molecule has 4 rings (SSSR count). The van der Waals surface area contributed by atoms with E-state index in [0.717, 1.165) is 30.7 Å². The van der Waals surface area contributed by atoms with Crippen LogP contribution in [-0.4, -0.2) is 48.5 Å². The second kappa shape index (κ2) is 3.54. The van der Waals surface area contributed by atoms with Crippen molar-refractivity contribution in [2.45, 2.75) is 6.54 Å². The van der Waals surface area contributed by atoms with Crippen molar-refractivity contribution in [3.63, 3.8) is 0 Å². The summed E-state index contributed by atoms with van der Waals surface area (Å²) in [5.41, 5.74) is 1.39. The minimum Gasteiger partial charge on any atom is -0.306 e. The second-order valence-corrected chi connectivity index (χ2v) is 5.36. The summed E-state index contributed by atoms with van der Waals surface area (Å²) in [6.07, 6.45) is 0. The Hall–Kier alpha value is -0.930. The number of piperazine rings is 3. The average molecular weight is 222 g/mol. The maximum atomic E-state index is 14.0. The number of fused-ring (bicyclic) bond motifs is 3. The molecule has 0 spiro atoms. The van der Waals surface area contributed by atoms with Crippen molar-refractivity contribution in [1.82, 2.24) is 0 Å². The molecule has 0 amide bonds. The molecule has 0 aliphatic carbocycles. The first kappa shape index (κ1) is 10.2. The Bertz CT molecular complexity index is 352. The van der Waals surface area contributed by atoms with Crippen LogP contribution in [0.5, 0.6) is 0 Å². The second-order valence-electron chi connectivity index (χ2n) is 5.36.